The highest BCUT2D eigenvalue weighted by Gasteiger charge is 2.26. The molecule has 5 nitrogen and oxygen atoms in total. The number of aryl methyl sites for hydroxylation is 2. The van der Waals surface area contributed by atoms with E-state index < -0.39 is 0 Å². The van der Waals surface area contributed by atoms with Crippen molar-refractivity contribution in [3.05, 3.63) is 47.5 Å². The summed E-state index contributed by atoms with van der Waals surface area (Å²) >= 11 is 1.69. The van der Waals surface area contributed by atoms with E-state index in [9.17, 15) is 4.79 Å². The molecule has 0 spiro atoms. The van der Waals surface area contributed by atoms with E-state index in [-0.39, 0.29) is 5.91 Å². The lowest BCUT2D eigenvalue weighted by Gasteiger charge is -2.32. The van der Waals surface area contributed by atoms with Gasteiger partial charge in [0.25, 0.3) is 0 Å². The van der Waals surface area contributed by atoms with Crippen LogP contribution in [0.5, 0.6) is 0 Å². The molecule has 1 atom stereocenters. The average Bonchev–Trinajstić information content (AvgIpc) is 3.25. The summed E-state index contributed by atoms with van der Waals surface area (Å²) in [5.41, 5.74) is 1.03. The second-order valence-electron chi connectivity index (χ2n) is 6.65. The zero-order valence-electron chi connectivity index (χ0n) is 14.4. The van der Waals surface area contributed by atoms with E-state index in [0.29, 0.717) is 12.3 Å². The first-order valence-corrected chi connectivity index (χ1v) is 9.62. The number of thiazole rings is 1. The van der Waals surface area contributed by atoms with Gasteiger partial charge in [-0.1, -0.05) is 12.1 Å². The molecule has 3 aromatic rings. The van der Waals surface area contributed by atoms with Crippen molar-refractivity contribution in [2.24, 2.45) is 7.05 Å². The van der Waals surface area contributed by atoms with Gasteiger partial charge >= 0.3 is 0 Å². The molecule has 25 heavy (non-hydrogen) atoms. The average molecular weight is 354 g/mol. The summed E-state index contributed by atoms with van der Waals surface area (Å²) in [5.74, 6) is 1.67. The minimum Gasteiger partial charge on any atom is -0.342 e. The zero-order chi connectivity index (χ0) is 17.2. The molecule has 0 saturated carbocycles. The fraction of sp³-hybridized carbons (Fsp3) is 0.421. The summed E-state index contributed by atoms with van der Waals surface area (Å²) in [6.07, 6.45) is 7.22. The topological polar surface area (TPSA) is 51.0 Å². The van der Waals surface area contributed by atoms with Gasteiger partial charge in [-0.05, 0) is 25.0 Å². The maximum Gasteiger partial charge on any atom is 0.223 e. The van der Waals surface area contributed by atoms with Gasteiger partial charge < -0.3 is 9.47 Å². The summed E-state index contributed by atoms with van der Waals surface area (Å²) in [5, 5.41) is 1.05. The molecule has 2 aromatic heterocycles. The zero-order valence-corrected chi connectivity index (χ0v) is 15.2. The second kappa shape index (κ2) is 6.96. The van der Waals surface area contributed by atoms with Crippen LogP contribution in [0.4, 0.5) is 0 Å². The summed E-state index contributed by atoms with van der Waals surface area (Å²) < 4.78 is 3.26. The molecule has 0 aliphatic carbocycles. The summed E-state index contributed by atoms with van der Waals surface area (Å²) in [6, 6.07) is 8.14. The molecule has 1 aliphatic heterocycles. The van der Waals surface area contributed by atoms with Crippen LogP contribution in [0.2, 0.25) is 0 Å². The molecule has 1 unspecified atom stereocenters. The predicted molar refractivity (Wildman–Crippen MR) is 99.7 cm³/mol. The second-order valence-corrected chi connectivity index (χ2v) is 7.77. The standard InChI is InChI=1S/C19H22N4OS/c1-22-12-10-20-19(22)14-5-4-11-23(13-14)18(24)9-8-17-21-15-6-2-3-7-16(15)25-17/h2-3,6-7,10,12,14H,4-5,8-9,11,13H2,1H3. The van der Waals surface area contributed by atoms with Crippen LogP contribution in [0.15, 0.2) is 36.7 Å². The molecule has 3 heterocycles. The number of aromatic nitrogens is 3. The minimum absolute atomic E-state index is 0.234. The van der Waals surface area contributed by atoms with Crippen LogP contribution >= 0.6 is 11.3 Å². The minimum atomic E-state index is 0.234. The van der Waals surface area contributed by atoms with E-state index in [2.05, 4.69) is 20.6 Å². The van der Waals surface area contributed by atoms with E-state index >= 15 is 0 Å². The number of benzene rings is 1. The molecule has 1 fully saturated rings. The highest BCUT2D eigenvalue weighted by atomic mass is 32.1. The molecule has 1 amide bonds. The van der Waals surface area contributed by atoms with Crippen LogP contribution in [-0.4, -0.2) is 38.4 Å². The molecule has 1 aliphatic rings. The van der Waals surface area contributed by atoms with Crippen molar-refractivity contribution in [3.63, 3.8) is 0 Å². The Bertz CT molecular complexity index is 851. The van der Waals surface area contributed by atoms with Gasteiger partial charge in [-0.25, -0.2) is 9.97 Å². The van der Waals surface area contributed by atoms with Crippen molar-refractivity contribution in [2.75, 3.05) is 13.1 Å². The van der Waals surface area contributed by atoms with Gasteiger partial charge in [0, 0.05) is 51.3 Å². The Hall–Kier alpha value is -2.21. The number of fused-ring (bicyclic) bond motifs is 1. The predicted octanol–water partition coefficient (Wildman–Crippen LogP) is 3.37. The molecule has 0 radical (unpaired) electrons. The van der Waals surface area contributed by atoms with E-state index in [1.165, 1.54) is 4.70 Å². The van der Waals surface area contributed by atoms with Crippen molar-refractivity contribution in [1.82, 2.24) is 19.4 Å². The van der Waals surface area contributed by atoms with Gasteiger partial charge in [0.15, 0.2) is 0 Å². The number of amides is 1. The summed E-state index contributed by atoms with van der Waals surface area (Å²) in [4.78, 5) is 23.8. The third-order valence-corrected chi connectivity index (χ3v) is 5.98. The normalized spacial score (nSPS) is 18.0. The first kappa shape index (κ1) is 16.3. The van der Waals surface area contributed by atoms with Crippen molar-refractivity contribution in [2.45, 2.75) is 31.6 Å². The Kier molecular flexibility index (Phi) is 4.53. The molecule has 130 valence electrons. The van der Waals surface area contributed by atoms with Crippen molar-refractivity contribution < 1.29 is 4.79 Å². The summed E-state index contributed by atoms with van der Waals surface area (Å²) in [7, 11) is 2.02. The lowest BCUT2D eigenvalue weighted by molar-refractivity contribution is -0.132. The lowest BCUT2D eigenvalue weighted by atomic mass is 9.97. The maximum atomic E-state index is 12.7. The van der Waals surface area contributed by atoms with E-state index in [1.54, 1.807) is 11.3 Å². The molecule has 6 heteroatoms. The molecule has 0 bridgehead atoms. The van der Waals surface area contributed by atoms with Crippen molar-refractivity contribution in [3.8, 4) is 0 Å². The Morgan fingerprint density at radius 3 is 3.04 bits per heavy atom. The number of hydrogen-bond acceptors (Lipinski definition) is 4. The monoisotopic (exact) mass is 354 g/mol. The number of imidazole rings is 1. The van der Waals surface area contributed by atoms with Crippen molar-refractivity contribution in [1.29, 1.82) is 0 Å². The Balaban J connectivity index is 1.38. The van der Waals surface area contributed by atoms with Gasteiger partial charge in [0.1, 0.15) is 5.82 Å². The maximum absolute atomic E-state index is 12.7. The fourth-order valence-electron chi connectivity index (χ4n) is 3.58. The van der Waals surface area contributed by atoms with E-state index in [1.807, 2.05) is 42.5 Å². The lowest BCUT2D eigenvalue weighted by Crippen LogP contribution is -2.39. The third kappa shape index (κ3) is 3.44. The molecule has 1 saturated heterocycles. The first-order valence-electron chi connectivity index (χ1n) is 8.80. The first-order chi connectivity index (χ1) is 12.2. The molecule has 1 aromatic carbocycles. The van der Waals surface area contributed by atoms with Crippen LogP contribution in [0.3, 0.4) is 0 Å². The molecule has 0 N–H and O–H groups in total. The molecule has 4 rings (SSSR count). The van der Waals surface area contributed by atoms with Gasteiger partial charge in [0.2, 0.25) is 5.91 Å². The number of para-hydroxylation sites is 1. The fourth-order valence-corrected chi connectivity index (χ4v) is 4.55. The number of likely N-dealkylation sites (tertiary alicyclic amines) is 1. The highest BCUT2D eigenvalue weighted by molar-refractivity contribution is 7.18. The van der Waals surface area contributed by atoms with Gasteiger partial charge in [0.05, 0.1) is 15.2 Å². The number of carbonyl (C=O) groups excluding carboxylic acids is 1. The number of piperidine rings is 1. The highest BCUT2D eigenvalue weighted by Crippen LogP contribution is 2.27. The Labute approximate surface area is 151 Å². The van der Waals surface area contributed by atoms with Crippen molar-refractivity contribution >= 4 is 27.5 Å². The number of rotatable bonds is 4. The third-order valence-electron chi connectivity index (χ3n) is 4.89. The van der Waals surface area contributed by atoms with Crippen LogP contribution in [0.25, 0.3) is 10.2 Å². The van der Waals surface area contributed by atoms with Crippen LogP contribution in [0, 0.1) is 0 Å². The SMILES string of the molecule is Cn1ccnc1C1CCCN(C(=O)CCc2nc3ccccc3s2)C1. The van der Waals surface area contributed by atoms with E-state index in [4.69, 9.17) is 0 Å². The number of hydrogen-bond donors (Lipinski definition) is 0. The number of carbonyl (C=O) groups is 1. The molecular formula is C19H22N4OS. The Morgan fingerprint density at radius 2 is 2.24 bits per heavy atom. The largest absolute Gasteiger partial charge is 0.342 e. The summed E-state index contributed by atoms with van der Waals surface area (Å²) in [6.45, 7) is 1.64. The van der Waals surface area contributed by atoms with Crippen LogP contribution in [-0.2, 0) is 18.3 Å². The van der Waals surface area contributed by atoms with E-state index in [0.717, 1.165) is 48.7 Å². The van der Waals surface area contributed by atoms with Crippen LogP contribution < -0.4 is 0 Å². The smallest absolute Gasteiger partial charge is 0.223 e. The van der Waals surface area contributed by atoms with Gasteiger partial charge in [-0.15, -0.1) is 11.3 Å². The quantitative estimate of drug-likeness (QED) is 0.722. The Morgan fingerprint density at radius 1 is 1.36 bits per heavy atom. The number of nitrogens with zero attached hydrogens (tertiary/aromatic N) is 4. The van der Waals surface area contributed by atoms with Gasteiger partial charge in [-0.2, -0.15) is 0 Å². The molecular weight excluding hydrogens is 332 g/mol. The van der Waals surface area contributed by atoms with Gasteiger partial charge in [-0.3, -0.25) is 4.79 Å². The van der Waals surface area contributed by atoms with Crippen LogP contribution in [0.1, 0.15) is 36.0 Å².